The summed E-state index contributed by atoms with van der Waals surface area (Å²) in [6, 6.07) is 2.47. The van der Waals surface area contributed by atoms with Gasteiger partial charge in [0, 0.05) is 6.00 Å². The highest BCUT2D eigenvalue weighted by molar-refractivity contribution is 6.34. The van der Waals surface area contributed by atoms with Crippen molar-refractivity contribution in [2.24, 2.45) is 0 Å². The third kappa shape index (κ3) is 1.84. The standard InChI is InChI=1S/C7H5B2FO/c8-6-2-1-4(10)3-5(6)7(9)11/h1-3,7,11H. The van der Waals surface area contributed by atoms with E-state index in [0.29, 0.717) is 5.46 Å². The molecule has 0 saturated heterocycles. The molecule has 1 nitrogen and oxygen atoms in total. The highest BCUT2D eigenvalue weighted by atomic mass is 19.1. The molecule has 0 aromatic heterocycles. The minimum Gasteiger partial charge on any atom is -0.398 e. The Labute approximate surface area is 67.1 Å². The zero-order chi connectivity index (χ0) is 8.43. The van der Waals surface area contributed by atoms with Crippen molar-refractivity contribution >= 4 is 21.2 Å². The molecule has 0 saturated carbocycles. The molecule has 1 atom stereocenters. The van der Waals surface area contributed by atoms with Gasteiger partial charge in [-0.05, 0) is 17.7 Å². The lowest BCUT2D eigenvalue weighted by Gasteiger charge is -2.08. The van der Waals surface area contributed by atoms with E-state index in [0.717, 1.165) is 6.07 Å². The molecule has 0 spiro atoms. The van der Waals surface area contributed by atoms with Crippen LogP contribution in [-0.4, -0.2) is 20.8 Å². The number of rotatable bonds is 1. The van der Waals surface area contributed by atoms with Gasteiger partial charge in [0.25, 0.3) is 0 Å². The number of aliphatic hydroxyl groups is 1. The van der Waals surface area contributed by atoms with Gasteiger partial charge in [-0.3, -0.25) is 0 Å². The summed E-state index contributed by atoms with van der Waals surface area (Å²) in [5.41, 5.74) is 0.506. The van der Waals surface area contributed by atoms with Crippen LogP contribution in [0.1, 0.15) is 11.6 Å². The summed E-state index contributed by atoms with van der Waals surface area (Å²) in [5, 5.41) is 8.86. The average molecular weight is 146 g/mol. The van der Waals surface area contributed by atoms with Gasteiger partial charge in [-0.1, -0.05) is 11.5 Å². The van der Waals surface area contributed by atoms with Crippen LogP contribution in [0.5, 0.6) is 0 Å². The molecule has 0 aliphatic rings. The second-order valence-electron chi connectivity index (χ2n) is 2.22. The van der Waals surface area contributed by atoms with Gasteiger partial charge in [-0.25, -0.2) is 4.39 Å². The van der Waals surface area contributed by atoms with Crippen LogP contribution in [0.2, 0.25) is 0 Å². The quantitative estimate of drug-likeness (QED) is 0.542. The molecular formula is C7H5B2FO. The Bertz CT molecular complexity index is 263. The molecule has 0 bridgehead atoms. The van der Waals surface area contributed by atoms with Crippen LogP contribution in [-0.2, 0) is 0 Å². The first-order chi connectivity index (χ1) is 5.11. The smallest absolute Gasteiger partial charge is 0.123 e. The number of benzene rings is 1. The molecule has 11 heavy (non-hydrogen) atoms. The van der Waals surface area contributed by atoms with Gasteiger partial charge >= 0.3 is 0 Å². The monoisotopic (exact) mass is 146 g/mol. The first-order valence-corrected chi connectivity index (χ1v) is 3.10. The summed E-state index contributed by atoms with van der Waals surface area (Å²) in [5.74, 6) is -0.460. The summed E-state index contributed by atoms with van der Waals surface area (Å²) in [6.45, 7) is 0. The van der Waals surface area contributed by atoms with Crippen molar-refractivity contribution in [3.63, 3.8) is 0 Å². The van der Waals surface area contributed by atoms with Crippen LogP contribution in [0.3, 0.4) is 0 Å². The first kappa shape index (κ1) is 8.34. The maximum Gasteiger partial charge on any atom is 0.123 e. The normalized spacial score (nSPS) is 12.9. The van der Waals surface area contributed by atoms with Crippen LogP contribution < -0.4 is 5.46 Å². The number of hydrogen-bond donors (Lipinski definition) is 1. The van der Waals surface area contributed by atoms with Crippen molar-refractivity contribution in [3.05, 3.63) is 29.6 Å². The topological polar surface area (TPSA) is 20.2 Å². The van der Waals surface area contributed by atoms with Crippen LogP contribution in [0.4, 0.5) is 4.39 Å². The van der Waals surface area contributed by atoms with Crippen molar-refractivity contribution in [1.29, 1.82) is 0 Å². The van der Waals surface area contributed by atoms with Gasteiger partial charge in [0.1, 0.15) is 21.5 Å². The highest BCUT2D eigenvalue weighted by Crippen LogP contribution is 2.07. The average Bonchev–Trinajstić information content (AvgIpc) is 1.94. The fourth-order valence-electron chi connectivity index (χ4n) is 0.802. The minimum absolute atomic E-state index is 0.213. The lowest BCUT2D eigenvalue weighted by molar-refractivity contribution is 0.262. The molecule has 1 unspecified atom stereocenters. The molecule has 0 aliphatic carbocycles. The maximum atomic E-state index is 12.5. The molecule has 0 fully saturated rings. The molecule has 1 rings (SSSR count). The van der Waals surface area contributed by atoms with Crippen molar-refractivity contribution in [2.45, 2.75) is 6.00 Å². The highest BCUT2D eigenvalue weighted by Gasteiger charge is 2.04. The predicted molar refractivity (Wildman–Crippen MR) is 42.5 cm³/mol. The molecule has 1 N–H and O–H groups in total. The van der Waals surface area contributed by atoms with Crippen molar-refractivity contribution in [3.8, 4) is 0 Å². The number of hydrogen-bond acceptors (Lipinski definition) is 1. The van der Waals surface area contributed by atoms with E-state index in [4.69, 9.17) is 20.8 Å². The lowest BCUT2D eigenvalue weighted by Crippen LogP contribution is -2.14. The largest absolute Gasteiger partial charge is 0.398 e. The molecule has 52 valence electrons. The molecule has 1 aromatic rings. The Balaban J connectivity index is 3.13. The molecule has 1 aromatic carbocycles. The van der Waals surface area contributed by atoms with E-state index in [1.165, 1.54) is 12.1 Å². The van der Waals surface area contributed by atoms with Crippen molar-refractivity contribution < 1.29 is 9.50 Å². The van der Waals surface area contributed by atoms with Crippen LogP contribution in [0.15, 0.2) is 18.2 Å². The second kappa shape index (κ2) is 3.09. The molecule has 4 heteroatoms. The Morgan fingerprint density at radius 1 is 1.45 bits per heavy atom. The fraction of sp³-hybridized carbons (Fsp3) is 0.143. The van der Waals surface area contributed by atoms with Crippen molar-refractivity contribution in [2.75, 3.05) is 0 Å². The van der Waals surface area contributed by atoms with Crippen molar-refractivity contribution in [1.82, 2.24) is 0 Å². The predicted octanol–water partition coefficient (Wildman–Crippen LogP) is -0.221. The van der Waals surface area contributed by atoms with E-state index in [1.54, 1.807) is 0 Å². The van der Waals surface area contributed by atoms with E-state index in [9.17, 15) is 4.39 Å². The van der Waals surface area contributed by atoms with Crippen LogP contribution in [0.25, 0.3) is 0 Å². The van der Waals surface area contributed by atoms with Gasteiger partial charge in [0.15, 0.2) is 0 Å². The number of aliphatic hydroxyl groups excluding tert-OH is 1. The second-order valence-corrected chi connectivity index (χ2v) is 2.22. The molecule has 0 amide bonds. The Morgan fingerprint density at radius 2 is 2.09 bits per heavy atom. The van der Waals surface area contributed by atoms with Gasteiger partial charge in [-0.2, -0.15) is 0 Å². The molecular weight excluding hydrogens is 141 g/mol. The first-order valence-electron chi connectivity index (χ1n) is 3.10. The summed E-state index contributed by atoms with van der Waals surface area (Å²) in [7, 11) is 10.5. The van der Waals surface area contributed by atoms with Gasteiger partial charge in [0.05, 0.1) is 0 Å². The van der Waals surface area contributed by atoms with Crippen LogP contribution >= 0.6 is 0 Å². The third-order valence-electron chi connectivity index (χ3n) is 1.37. The van der Waals surface area contributed by atoms with Gasteiger partial charge < -0.3 is 5.11 Å². The summed E-state index contributed by atoms with van der Waals surface area (Å²) in [6.07, 6.45) is 0. The van der Waals surface area contributed by atoms with E-state index < -0.39 is 11.8 Å². The fourth-order valence-corrected chi connectivity index (χ4v) is 0.802. The summed E-state index contributed by atoms with van der Waals surface area (Å²) >= 11 is 0. The van der Waals surface area contributed by atoms with Crippen LogP contribution in [0, 0.1) is 5.82 Å². The van der Waals surface area contributed by atoms with E-state index >= 15 is 0 Å². The van der Waals surface area contributed by atoms with Gasteiger partial charge in [0.2, 0.25) is 0 Å². The minimum atomic E-state index is -1.22. The molecule has 4 radical (unpaired) electrons. The summed E-state index contributed by atoms with van der Waals surface area (Å²) < 4.78 is 12.5. The van der Waals surface area contributed by atoms with E-state index in [2.05, 4.69) is 0 Å². The maximum absolute atomic E-state index is 12.5. The Hall–Kier alpha value is -0.760. The lowest BCUT2D eigenvalue weighted by atomic mass is 9.82. The van der Waals surface area contributed by atoms with Gasteiger partial charge in [-0.15, -0.1) is 0 Å². The SMILES string of the molecule is [B]c1ccc(F)cc1C([B])O. The molecule has 0 heterocycles. The zero-order valence-corrected chi connectivity index (χ0v) is 5.79. The number of halogens is 1. The van der Waals surface area contributed by atoms with E-state index in [-0.39, 0.29) is 5.56 Å². The Morgan fingerprint density at radius 3 is 2.55 bits per heavy atom. The summed E-state index contributed by atoms with van der Waals surface area (Å²) in [4.78, 5) is 0. The molecule has 0 aliphatic heterocycles. The Kier molecular flexibility index (Phi) is 2.34. The zero-order valence-electron chi connectivity index (χ0n) is 5.79. The van der Waals surface area contributed by atoms with E-state index in [1.807, 2.05) is 0 Å². The third-order valence-corrected chi connectivity index (χ3v) is 1.37.